The van der Waals surface area contributed by atoms with Crippen molar-refractivity contribution in [3.63, 3.8) is 0 Å². The van der Waals surface area contributed by atoms with Crippen LogP contribution in [0.1, 0.15) is 24.0 Å². The Hall–Kier alpha value is -2.95. The lowest BCUT2D eigenvalue weighted by Crippen LogP contribution is -2.35. The number of benzene rings is 2. The van der Waals surface area contributed by atoms with Crippen LogP contribution in [0.5, 0.6) is 5.75 Å². The van der Waals surface area contributed by atoms with Crippen LogP contribution in [-0.4, -0.2) is 17.6 Å². The fourth-order valence-corrected chi connectivity index (χ4v) is 2.54. The highest BCUT2D eigenvalue weighted by atomic mass is 16.5. The molecule has 1 amide bonds. The lowest BCUT2D eigenvalue weighted by atomic mass is 10.1. The van der Waals surface area contributed by atoms with Gasteiger partial charge in [0.15, 0.2) is 0 Å². The van der Waals surface area contributed by atoms with E-state index in [1.54, 1.807) is 18.2 Å². The lowest BCUT2D eigenvalue weighted by molar-refractivity contribution is -0.127. The zero-order valence-electron chi connectivity index (χ0n) is 13.7. The molecule has 0 atom stereocenters. The van der Waals surface area contributed by atoms with E-state index in [-0.39, 0.29) is 24.5 Å². The van der Waals surface area contributed by atoms with Gasteiger partial charge in [-0.15, -0.1) is 0 Å². The molecular weight excluding hydrogens is 304 g/mol. The molecule has 5 nitrogen and oxygen atoms in total. The topological polar surface area (TPSA) is 59.0 Å². The van der Waals surface area contributed by atoms with Gasteiger partial charge in [-0.25, -0.2) is 9.80 Å². The molecule has 3 rings (SSSR count). The van der Waals surface area contributed by atoms with E-state index in [0.29, 0.717) is 11.4 Å². The highest BCUT2D eigenvalue weighted by molar-refractivity contribution is 6.38. The number of anilines is 1. The second-order valence-corrected chi connectivity index (χ2v) is 5.75. The normalized spacial score (nSPS) is 14.3. The third kappa shape index (κ3) is 3.35. The molecule has 122 valence electrons. The summed E-state index contributed by atoms with van der Waals surface area (Å²) in [6.45, 7) is 3.87. The van der Waals surface area contributed by atoms with E-state index in [0.717, 1.165) is 11.1 Å². The number of aryl methyl sites for hydroxylation is 2. The van der Waals surface area contributed by atoms with Gasteiger partial charge in [-0.05, 0) is 37.6 Å². The first-order valence-electron chi connectivity index (χ1n) is 7.79. The first-order valence-corrected chi connectivity index (χ1v) is 7.79. The predicted octanol–water partition coefficient (Wildman–Crippen LogP) is 3.39. The Morgan fingerprint density at radius 3 is 2.54 bits per heavy atom. The van der Waals surface area contributed by atoms with Crippen LogP contribution in [0, 0.1) is 13.8 Å². The fraction of sp³-hybridized carbons (Fsp3) is 0.211. The van der Waals surface area contributed by atoms with Crippen LogP contribution in [0.4, 0.5) is 5.69 Å². The Bertz CT molecular complexity index is 813. The number of hydrazone groups is 1. The van der Waals surface area contributed by atoms with Gasteiger partial charge in [0, 0.05) is 12.8 Å². The van der Waals surface area contributed by atoms with E-state index in [2.05, 4.69) is 5.10 Å². The highest BCUT2D eigenvalue weighted by Crippen LogP contribution is 2.22. The standard InChI is InChI=1S/C19H18N2O3/c1-13-8-10-17(14(2)12-13)24-19(23)16-9-11-18(22)21(20-16)15-6-4-3-5-7-15/h3-8,10,12H,9,11H2,1-2H3. The Kier molecular flexibility index (Phi) is 4.42. The van der Waals surface area contributed by atoms with Crippen LogP contribution < -0.4 is 9.75 Å². The summed E-state index contributed by atoms with van der Waals surface area (Å²) in [7, 11) is 0. The average molecular weight is 322 g/mol. The summed E-state index contributed by atoms with van der Waals surface area (Å²) >= 11 is 0. The van der Waals surface area contributed by atoms with Gasteiger partial charge in [0.2, 0.25) is 5.91 Å². The van der Waals surface area contributed by atoms with Crippen LogP contribution in [0.3, 0.4) is 0 Å². The van der Waals surface area contributed by atoms with E-state index < -0.39 is 5.97 Å². The van der Waals surface area contributed by atoms with E-state index in [4.69, 9.17) is 4.74 Å². The number of esters is 1. The number of hydrogen-bond acceptors (Lipinski definition) is 4. The second kappa shape index (κ2) is 6.66. The Morgan fingerprint density at radius 1 is 1.08 bits per heavy atom. The van der Waals surface area contributed by atoms with Crippen LogP contribution >= 0.6 is 0 Å². The number of carbonyl (C=O) groups is 2. The molecule has 0 fully saturated rings. The van der Waals surface area contributed by atoms with Crippen molar-refractivity contribution in [2.75, 3.05) is 5.01 Å². The second-order valence-electron chi connectivity index (χ2n) is 5.75. The highest BCUT2D eigenvalue weighted by Gasteiger charge is 2.26. The monoisotopic (exact) mass is 322 g/mol. The van der Waals surface area contributed by atoms with Gasteiger partial charge >= 0.3 is 5.97 Å². The summed E-state index contributed by atoms with van der Waals surface area (Å²) in [5.74, 6) is -0.142. The number of para-hydroxylation sites is 1. The van der Waals surface area contributed by atoms with E-state index in [9.17, 15) is 9.59 Å². The lowest BCUT2D eigenvalue weighted by Gasteiger charge is -2.22. The fourth-order valence-electron chi connectivity index (χ4n) is 2.54. The summed E-state index contributed by atoms with van der Waals surface area (Å²) < 4.78 is 5.45. The minimum Gasteiger partial charge on any atom is -0.422 e. The SMILES string of the molecule is Cc1ccc(OC(=O)C2=NN(c3ccccc3)C(=O)CC2)c(C)c1. The van der Waals surface area contributed by atoms with Crippen molar-refractivity contribution in [1.82, 2.24) is 0 Å². The molecule has 1 heterocycles. The van der Waals surface area contributed by atoms with E-state index >= 15 is 0 Å². The maximum absolute atomic E-state index is 12.4. The predicted molar refractivity (Wildman–Crippen MR) is 92.1 cm³/mol. The van der Waals surface area contributed by atoms with Gasteiger partial charge in [0.1, 0.15) is 11.5 Å². The molecular formula is C19H18N2O3. The molecule has 2 aromatic carbocycles. The Balaban J connectivity index is 1.82. The number of rotatable bonds is 3. The summed E-state index contributed by atoms with van der Waals surface area (Å²) in [5.41, 5.74) is 2.87. The molecule has 0 aromatic heterocycles. The van der Waals surface area contributed by atoms with Crippen LogP contribution in [-0.2, 0) is 9.59 Å². The molecule has 0 bridgehead atoms. The van der Waals surface area contributed by atoms with Gasteiger partial charge in [-0.2, -0.15) is 5.10 Å². The Morgan fingerprint density at radius 2 is 1.83 bits per heavy atom. The smallest absolute Gasteiger partial charge is 0.359 e. The molecule has 0 radical (unpaired) electrons. The maximum Gasteiger partial charge on any atom is 0.359 e. The van der Waals surface area contributed by atoms with Crippen molar-refractivity contribution in [1.29, 1.82) is 0 Å². The summed E-state index contributed by atoms with van der Waals surface area (Å²) in [4.78, 5) is 24.5. The van der Waals surface area contributed by atoms with Gasteiger partial charge in [-0.1, -0.05) is 35.9 Å². The van der Waals surface area contributed by atoms with E-state index in [1.807, 2.05) is 44.2 Å². The van der Waals surface area contributed by atoms with Crippen molar-refractivity contribution in [3.05, 3.63) is 59.7 Å². The average Bonchev–Trinajstić information content (AvgIpc) is 2.58. The molecule has 0 saturated carbocycles. The summed E-state index contributed by atoms with van der Waals surface area (Å²) in [5, 5.41) is 5.47. The molecule has 0 unspecified atom stereocenters. The summed E-state index contributed by atoms with van der Waals surface area (Å²) in [6, 6.07) is 14.7. The molecule has 24 heavy (non-hydrogen) atoms. The molecule has 0 N–H and O–H groups in total. The first kappa shape index (κ1) is 15.9. The van der Waals surface area contributed by atoms with Crippen LogP contribution in [0.15, 0.2) is 53.6 Å². The molecule has 1 aliphatic rings. The van der Waals surface area contributed by atoms with Gasteiger partial charge in [-0.3, -0.25) is 4.79 Å². The molecule has 5 heteroatoms. The van der Waals surface area contributed by atoms with Crippen LogP contribution in [0.25, 0.3) is 0 Å². The van der Waals surface area contributed by atoms with Crippen molar-refractivity contribution >= 4 is 23.3 Å². The van der Waals surface area contributed by atoms with E-state index in [1.165, 1.54) is 5.01 Å². The number of carbonyl (C=O) groups excluding carboxylic acids is 2. The van der Waals surface area contributed by atoms with Crippen molar-refractivity contribution in [2.45, 2.75) is 26.7 Å². The molecule has 1 aliphatic heterocycles. The van der Waals surface area contributed by atoms with Gasteiger partial charge in [0.25, 0.3) is 0 Å². The third-order valence-corrected chi connectivity index (χ3v) is 3.80. The third-order valence-electron chi connectivity index (χ3n) is 3.80. The molecule has 2 aromatic rings. The van der Waals surface area contributed by atoms with Gasteiger partial charge in [0.05, 0.1) is 5.69 Å². The first-order chi connectivity index (χ1) is 11.5. The molecule has 0 saturated heterocycles. The molecule has 0 spiro atoms. The Labute approximate surface area is 140 Å². The zero-order valence-corrected chi connectivity index (χ0v) is 13.7. The minimum absolute atomic E-state index is 0.135. The number of amides is 1. The summed E-state index contributed by atoms with van der Waals surface area (Å²) in [6.07, 6.45) is 0.515. The quantitative estimate of drug-likeness (QED) is 0.643. The largest absolute Gasteiger partial charge is 0.422 e. The van der Waals surface area contributed by atoms with Crippen molar-refractivity contribution < 1.29 is 14.3 Å². The zero-order chi connectivity index (χ0) is 17.1. The minimum atomic E-state index is -0.518. The maximum atomic E-state index is 12.4. The van der Waals surface area contributed by atoms with Crippen molar-refractivity contribution in [3.8, 4) is 5.75 Å². The molecule has 0 aliphatic carbocycles. The van der Waals surface area contributed by atoms with Crippen molar-refractivity contribution in [2.24, 2.45) is 5.10 Å². The number of hydrogen-bond donors (Lipinski definition) is 0. The number of ether oxygens (including phenoxy) is 1. The number of nitrogens with zero attached hydrogens (tertiary/aromatic N) is 2. The van der Waals surface area contributed by atoms with Crippen LogP contribution in [0.2, 0.25) is 0 Å². The van der Waals surface area contributed by atoms with Gasteiger partial charge < -0.3 is 4.74 Å².